The van der Waals surface area contributed by atoms with Gasteiger partial charge in [0.1, 0.15) is 5.75 Å². The van der Waals surface area contributed by atoms with Crippen molar-refractivity contribution in [2.24, 2.45) is 0 Å². The molecule has 1 aliphatic rings. The number of hydrogen-bond donors (Lipinski definition) is 0. The minimum absolute atomic E-state index is 0.0737. The standard InChI is InChI=1S/C21H21N3O2S/c1-26-18-6-4-17(5-7-18)23-10-12-24(13-11-23)21(25)16-8-9-22-19(15-16)20-3-2-14-27-20/h2-9,14-15H,10-13H2,1H3. The van der Waals surface area contributed by atoms with E-state index in [1.165, 1.54) is 0 Å². The van der Waals surface area contributed by atoms with Crippen LogP contribution >= 0.6 is 11.3 Å². The number of nitrogens with zero attached hydrogens (tertiary/aromatic N) is 3. The highest BCUT2D eigenvalue weighted by atomic mass is 32.1. The maximum absolute atomic E-state index is 12.9. The number of carbonyl (C=O) groups is 1. The van der Waals surface area contributed by atoms with Gasteiger partial charge in [0.15, 0.2) is 0 Å². The van der Waals surface area contributed by atoms with Crippen molar-refractivity contribution < 1.29 is 9.53 Å². The zero-order valence-corrected chi connectivity index (χ0v) is 16.0. The minimum Gasteiger partial charge on any atom is -0.497 e. The summed E-state index contributed by atoms with van der Waals surface area (Å²) in [6.45, 7) is 3.06. The third-order valence-electron chi connectivity index (χ3n) is 4.78. The van der Waals surface area contributed by atoms with E-state index in [1.54, 1.807) is 30.7 Å². The lowest BCUT2D eigenvalue weighted by Gasteiger charge is -2.36. The highest BCUT2D eigenvalue weighted by Crippen LogP contribution is 2.24. The summed E-state index contributed by atoms with van der Waals surface area (Å²) in [6.07, 6.45) is 1.72. The summed E-state index contributed by atoms with van der Waals surface area (Å²) in [5.74, 6) is 0.927. The van der Waals surface area contributed by atoms with Crippen LogP contribution in [0, 0.1) is 0 Å². The maximum Gasteiger partial charge on any atom is 0.254 e. The zero-order chi connectivity index (χ0) is 18.6. The van der Waals surface area contributed by atoms with Gasteiger partial charge in [-0.05, 0) is 47.8 Å². The Balaban J connectivity index is 1.42. The number of aromatic nitrogens is 1. The van der Waals surface area contributed by atoms with Crippen LogP contribution in [-0.4, -0.2) is 49.1 Å². The number of pyridine rings is 1. The molecular weight excluding hydrogens is 358 g/mol. The predicted octanol–water partition coefficient (Wildman–Crippen LogP) is 3.78. The van der Waals surface area contributed by atoms with E-state index in [4.69, 9.17) is 4.74 Å². The molecular formula is C21H21N3O2S. The topological polar surface area (TPSA) is 45.7 Å². The largest absolute Gasteiger partial charge is 0.497 e. The summed E-state index contributed by atoms with van der Waals surface area (Å²) in [5.41, 5.74) is 2.71. The molecule has 4 rings (SSSR count). The second-order valence-electron chi connectivity index (χ2n) is 6.38. The summed E-state index contributed by atoms with van der Waals surface area (Å²) in [5, 5.41) is 2.02. The fraction of sp³-hybridized carbons (Fsp3) is 0.238. The van der Waals surface area contributed by atoms with Crippen molar-refractivity contribution in [3.8, 4) is 16.3 Å². The van der Waals surface area contributed by atoms with Gasteiger partial charge in [-0.1, -0.05) is 6.07 Å². The Morgan fingerprint density at radius 2 is 1.85 bits per heavy atom. The van der Waals surface area contributed by atoms with Gasteiger partial charge in [0.2, 0.25) is 0 Å². The van der Waals surface area contributed by atoms with E-state index in [2.05, 4.69) is 22.0 Å². The summed E-state index contributed by atoms with van der Waals surface area (Å²) >= 11 is 1.63. The van der Waals surface area contributed by atoms with Crippen LogP contribution in [0.4, 0.5) is 5.69 Å². The number of rotatable bonds is 4. The first-order valence-electron chi connectivity index (χ1n) is 8.93. The lowest BCUT2D eigenvalue weighted by atomic mass is 10.1. The van der Waals surface area contributed by atoms with Crippen LogP contribution in [0.1, 0.15) is 10.4 Å². The molecule has 5 nitrogen and oxygen atoms in total. The number of ether oxygens (including phenoxy) is 1. The summed E-state index contributed by atoms with van der Waals surface area (Å²) in [7, 11) is 1.67. The van der Waals surface area contributed by atoms with Crippen molar-refractivity contribution in [1.29, 1.82) is 0 Å². The highest BCUT2D eigenvalue weighted by Gasteiger charge is 2.22. The highest BCUT2D eigenvalue weighted by molar-refractivity contribution is 7.13. The molecule has 2 aromatic heterocycles. The summed E-state index contributed by atoms with van der Waals surface area (Å²) in [6, 6.07) is 15.8. The zero-order valence-electron chi connectivity index (χ0n) is 15.2. The van der Waals surface area contributed by atoms with Gasteiger partial charge in [-0.25, -0.2) is 0 Å². The van der Waals surface area contributed by atoms with Crippen LogP contribution in [0.15, 0.2) is 60.1 Å². The van der Waals surface area contributed by atoms with E-state index < -0.39 is 0 Å². The fourth-order valence-corrected chi connectivity index (χ4v) is 3.96. The van der Waals surface area contributed by atoms with Gasteiger partial charge in [0, 0.05) is 43.6 Å². The molecule has 0 atom stereocenters. The lowest BCUT2D eigenvalue weighted by molar-refractivity contribution is 0.0746. The maximum atomic E-state index is 12.9. The van der Waals surface area contributed by atoms with Crippen LogP contribution < -0.4 is 9.64 Å². The first-order valence-corrected chi connectivity index (χ1v) is 9.81. The molecule has 0 radical (unpaired) electrons. The summed E-state index contributed by atoms with van der Waals surface area (Å²) in [4.78, 5) is 22.6. The first kappa shape index (κ1) is 17.5. The lowest BCUT2D eigenvalue weighted by Crippen LogP contribution is -2.48. The molecule has 0 N–H and O–H groups in total. The van der Waals surface area contributed by atoms with Gasteiger partial charge < -0.3 is 14.5 Å². The smallest absolute Gasteiger partial charge is 0.254 e. The van der Waals surface area contributed by atoms with E-state index in [0.717, 1.165) is 35.1 Å². The molecule has 1 fully saturated rings. The van der Waals surface area contributed by atoms with Crippen LogP contribution in [0.2, 0.25) is 0 Å². The number of thiophene rings is 1. The Kier molecular flexibility index (Phi) is 5.07. The van der Waals surface area contributed by atoms with Crippen molar-refractivity contribution in [2.45, 2.75) is 0 Å². The van der Waals surface area contributed by atoms with Gasteiger partial charge in [-0.3, -0.25) is 9.78 Å². The number of benzene rings is 1. The van der Waals surface area contributed by atoms with Crippen LogP contribution in [0.5, 0.6) is 5.75 Å². The number of amides is 1. The van der Waals surface area contributed by atoms with Crippen molar-refractivity contribution >= 4 is 22.9 Å². The Morgan fingerprint density at radius 3 is 2.52 bits per heavy atom. The van der Waals surface area contributed by atoms with E-state index in [1.807, 2.05) is 40.6 Å². The quantitative estimate of drug-likeness (QED) is 0.692. The van der Waals surface area contributed by atoms with Crippen molar-refractivity contribution in [3.63, 3.8) is 0 Å². The number of methoxy groups -OCH3 is 1. The van der Waals surface area contributed by atoms with E-state index in [-0.39, 0.29) is 5.91 Å². The van der Waals surface area contributed by atoms with Gasteiger partial charge in [0.25, 0.3) is 5.91 Å². The molecule has 0 unspecified atom stereocenters. The molecule has 0 bridgehead atoms. The van der Waals surface area contributed by atoms with Gasteiger partial charge in [-0.2, -0.15) is 0 Å². The van der Waals surface area contributed by atoms with Gasteiger partial charge >= 0.3 is 0 Å². The number of piperazine rings is 1. The van der Waals surface area contributed by atoms with Crippen molar-refractivity contribution in [2.75, 3.05) is 38.2 Å². The molecule has 6 heteroatoms. The molecule has 0 spiro atoms. The van der Waals surface area contributed by atoms with E-state index >= 15 is 0 Å². The monoisotopic (exact) mass is 379 g/mol. The van der Waals surface area contributed by atoms with Crippen LogP contribution in [0.3, 0.4) is 0 Å². The van der Waals surface area contributed by atoms with Gasteiger partial charge in [0.05, 0.1) is 17.7 Å². The molecule has 1 aromatic carbocycles. The number of hydrogen-bond acceptors (Lipinski definition) is 5. The van der Waals surface area contributed by atoms with Gasteiger partial charge in [-0.15, -0.1) is 11.3 Å². The van der Waals surface area contributed by atoms with E-state index in [0.29, 0.717) is 18.7 Å². The molecule has 1 aliphatic heterocycles. The molecule has 27 heavy (non-hydrogen) atoms. The Labute approximate surface area is 162 Å². The molecule has 138 valence electrons. The first-order chi connectivity index (χ1) is 13.2. The molecule has 1 saturated heterocycles. The Hall–Kier alpha value is -2.86. The number of carbonyl (C=O) groups excluding carboxylic acids is 1. The fourth-order valence-electron chi connectivity index (χ4n) is 3.27. The van der Waals surface area contributed by atoms with Crippen LogP contribution in [0.25, 0.3) is 10.6 Å². The normalized spacial score (nSPS) is 14.3. The second kappa shape index (κ2) is 7.80. The number of anilines is 1. The van der Waals surface area contributed by atoms with Crippen molar-refractivity contribution in [3.05, 3.63) is 65.7 Å². The minimum atomic E-state index is 0.0737. The average Bonchev–Trinajstić information content (AvgIpc) is 3.29. The third kappa shape index (κ3) is 3.80. The average molecular weight is 379 g/mol. The van der Waals surface area contributed by atoms with Crippen LogP contribution in [-0.2, 0) is 0 Å². The molecule has 3 heterocycles. The second-order valence-corrected chi connectivity index (χ2v) is 7.33. The Bertz CT molecular complexity index is 901. The summed E-state index contributed by atoms with van der Waals surface area (Å²) < 4.78 is 5.21. The molecule has 0 aliphatic carbocycles. The molecule has 1 amide bonds. The predicted molar refractivity (Wildman–Crippen MR) is 109 cm³/mol. The van der Waals surface area contributed by atoms with Crippen molar-refractivity contribution in [1.82, 2.24) is 9.88 Å². The molecule has 3 aromatic rings. The van der Waals surface area contributed by atoms with E-state index in [9.17, 15) is 4.79 Å². The Morgan fingerprint density at radius 1 is 1.07 bits per heavy atom. The SMILES string of the molecule is COc1ccc(N2CCN(C(=O)c3ccnc(-c4cccs4)c3)CC2)cc1. The third-order valence-corrected chi connectivity index (χ3v) is 5.68. The molecule has 0 saturated carbocycles.